The zero-order valence-electron chi connectivity index (χ0n) is 14.3. The van der Waals surface area contributed by atoms with E-state index in [2.05, 4.69) is 5.32 Å². The van der Waals surface area contributed by atoms with Crippen molar-refractivity contribution in [3.8, 4) is 11.5 Å². The monoisotopic (exact) mass is 327 g/mol. The number of ketones is 1. The molecule has 0 saturated heterocycles. The highest BCUT2D eigenvalue weighted by molar-refractivity contribution is 5.96. The predicted molar refractivity (Wildman–Crippen MR) is 93.1 cm³/mol. The van der Waals surface area contributed by atoms with Gasteiger partial charge in [0.1, 0.15) is 11.5 Å². The van der Waals surface area contributed by atoms with E-state index in [4.69, 9.17) is 9.47 Å². The van der Waals surface area contributed by atoms with Crippen LogP contribution >= 0.6 is 0 Å². The molecule has 0 aliphatic rings. The van der Waals surface area contributed by atoms with E-state index >= 15 is 0 Å². The fourth-order valence-electron chi connectivity index (χ4n) is 2.40. The Hall–Kier alpha value is -2.82. The molecule has 0 spiro atoms. The molecule has 0 bridgehead atoms. The quantitative estimate of drug-likeness (QED) is 0.826. The van der Waals surface area contributed by atoms with Crippen LogP contribution in [0, 0.1) is 6.92 Å². The van der Waals surface area contributed by atoms with Gasteiger partial charge in [-0.2, -0.15) is 0 Å². The molecule has 5 nitrogen and oxygen atoms in total. The van der Waals surface area contributed by atoms with E-state index in [1.165, 1.54) is 14.0 Å². The zero-order valence-corrected chi connectivity index (χ0v) is 14.3. The van der Waals surface area contributed by atoms with E-state index in [1.54, 1.807) is 31.4 Å². The summed E-state index contributed by atoms with van der Waals surface area (Å²) in [5.74, 6) is 0.912. The Labute approximate surface area is 141 Å². The molecule has 2 rings (SSSR count). The summed E-state index contributed by atoms with van der Waals surface area (Å²) in [5.41, 5.74) is 2.86. The number of rotatable bonds is 6. The molecule has 0 atom stereocenters. The molecule has 0 aliphatic heterocycles. The van der Waals surface area contributed by atoms with Crippen molar-refractivity contribution in [2.45, 2.75) is 20.3 Å². The minimum atomic E-state index is -0.212. The second-order valence-corrected chi connectivity index (χ2v) is 5.51. The van der Waals surface area contributed by atoms with Crippen LogP contribution < -0.4 is 14.8 Å². The van der Waals surface area contributed by atoms with Crippen molar-refractivity contribution in [3.63, 3.8) is 0 Å². The van der Waals surface area contributed by atoms with Crippen molar-refractivity contribution < 1.29 is 19.1 Å². The van der Waals surface area contributed by atoms with Gasteiger partial charge in [0.2, 0.25) is 5.91 Å². The summed E-state index contributed by atoms with van der Waals surface area (Å²) in [4.78, 5) is 23.9. The molecule has 0 fully saturated rings. The molecule has 0 heterocycles. The van der Waals surface area contributed by atoms with Crippen LogP contribution in [0.25, 0.3) is 0 Å². The number of aryl methyl sites for hydroxylation is 1. The van der Waals surface area contributed by atoms with Gasteiger partial charge in [-0.3, -0.25) is 9.59 Å². The molecule has 1 N–H and O–H groups in total. The number of ether oxygens (including phenoxy) is 2. The minimum Gasteiger partial charge on any atom is -0.496 e. The average molecular weight is 327 g/mol. The molecule has 0 aliphatic carbocycles. The minimum absolute atomic E-state index is 0.0560. The maximum Gasteiger partial charge on any atom is 0.229 e. The van der Waals surface area contributed by atoms with Gasteiger partial charge in [0, 0.05) is 11.1 Å². The van der Waals surface area contributed by atoms with Gasteiger partial charge in [0.25, 0.3) is 0 Å². The highest BCUT2D eigenvalue weighted by Gasteiger charge is 2.13. The third-order valence-corrected chi connectivity index (χ3v) is 3.67. The second kappa shape index (κ2) is 7.64. The lowest BCUT2D eigenvalue weighted by molar-refractivity contribution is -0.115. The van der Waals surface area contributed by atoms with Crippen molar-refractivity contribution in [2.75, 3.05) is 19.5 Å². The van der Waals surface area contributed by atoms with E-state index < -0.39 is 0 Å². The fourth-order valence-corrected chi connectivity index (χ4v) is 2.40. The van der Waals surface area contributed by atoms with Crippen LogP contribution in [0.5, 0.6) is 11.5 Å². The number of nitrogens with one attached hydrogen (secondary N) is 1. The molecule has 1 amide bonds. The number of anilines is 1. The standard InChI is InChI=1S/C19H21NO4/c1-12-5-7-16(18(9-12)24-4)20-19(22)11-15-10-14(13(2)21)6-8-17(15)23-3/h5-10H,11H2,1-4H3,(H,20,22). The molecule has 5 heteroatoms. The number of benzene rings is 2. The number of methoxy groups -OCH3 is 2. The van der Waals surface area contributed by atoms with Crippen molar-refractivity contribution in [3.05, 3.63) is 53.1 Å². The van der Waals surface area contributed by atoms with Gasteiger partial charge >= 0.3 is 0 Å². The summed E-state index contributed by atoms with van der Waals surface area (Å²) in [6, 6.07) is 10.6. The van der Waals surface area contributed by atoms with Crippen LogP contribution in [-0.2, 0) is 11.2 Å². The van der Waals surface area contributed by atoms with Gasteiger partial charge in [-0.1, -0.05) is 6.07 Å². The lowest BCUT2D eigenvalue weighted by Gasteiger charge is -2.13. The average Bonchev–Trinajstić information content (AvgIpc) is 2.56. The number of Topliss-reactive ketones (excluding diaryl/α,β-unsaturated/α-hetero) is 1. The van der Waals surface area contributed by atoms with Crippen LogP contribution in [-0.4, -0.2) is 25.9 Å². The number of hydrogen-bond acceptors (Lipinski definition) is 4. The summed E-state index contributed by atoms with van der Waals surface area (Å²) in [7, 11) is 3.09. The van der Waals surface area contributed by atoms with Gasteiger partial charge in [0.15, 0.2) is 5.78 Å². The number of carbonyl (C=O) groups excluding carboxylic acids is 2. The number of hydrogen-bond donors (Lipinski definition) is 1. The Morgan fingerprint density at radius 1 is 1.00 bits per heavy atom. The second-order valence-electron chi connectivity index (χ2n) is 5.51. The first-order valence-electron chi connectivity index (χ1n) is 7.57. The summed E-state index contributed by atoms with van der Waals surface area (Å²) < 4.78 is 10.6. The molecule has 0 aromatic heterocycles. The Balaban J connectivity index is 2.21. The molecule has 24 heavy (non-hydrogen) atoms. The van der Waals surface area contributed by atoms with Crippen molar-refractivity contribution in [1.82, 2.24) is 0 Å². The largest absolute Gasteiger partial charge is 0.496 e. The summed E-state index contributed by atoms with van der Waals surface area (Å²) >= 11 is 0. The normalized spacial score (nSPS) is 10.2. The fraction of sp³-hybridized carbons (Fsp3) is 0.263. The predicted octanol–water partition coefficient (Wildman–Crippen LogP) is 3.40. The Morgan fingerprint density at radius 2 is 1.71 bits per heavy atom. The molecular weight excluding hydrogens is 306 g/mol. The van der Waals surface area contributed by atoms with Crippen LogP contribution in [0.15, 0.2) is 36.4 Å². The lowest BCUT2D eigenvalue weighted by atomic mass is 10.0. The topological polar surface area (TPSA) is 64.6 Å². The highest BCUT2D eigenvalue weighted by atomic mass is 16.5. The first-order valence-corrected chi connectivity index (χ1v) is 7.57. The molecule has 126 valence electrons. The molecule has 0 unspecified atom stereocenters. The van der Waals surface area contributed by atoms with Gasteiger partial charge in [-0.15, -0.1) is 0 Å². The molecule has 0 radical (unpaired) electrons. The Morgan fingerprint density at radius 3 is 2.33 bits per heavy atom. The SMILES string of the molecule is COc1ccc(C(C)=O)cc1CC(=O)Nc1ccc(C)cc1OC. The van der Waals surface area contributed by atoms with Crippen molar-refractivity contribution >= 4 is 17.4 Å². The van der Waals surface area contributed by atoms with Crippen LogP contribution in [0.1, 0.15) is 28.4 Å². The van der Waals surface area contributed by atoms with Crippen LogP contribution in [0.4, 0.5) is 5.69 Å². The third-order valence-electron chi connectivity index (χ3n) is 3.67. The first-order chi connectivity index (χ1) is 11.4. The maximum atomic E-state index is 12.4. The molecular formula is C19H21NO4. The van der Waals surface area contributed by atoms with E-state index in [0.29, 0.717) is 28.3 Å². The van der Waals surface area contributed by atoms with E-state index in [1.807, 2.05) is 19.1 Å². The Kier molecular flexibility index (Phi) is 5.58. The third kappa shape index (κ3) is 4.13. The van der Waals surface area contributed by atoms with Crippen molar-refractivity contribution in [2.24, 2.45) is 0 Å². The highest BCUT2D eigenvalue weighted by Crippen LogP contribution is 2.26. The van der Waals surface area contributed by atoms with Gasteiger partial charge in [0.05, 0.1) is 26.3 Å². The van der Waals surface area contributed by atoms with E-state index in [-0.39, 0.29) is 18.1 Å². The van der Waals surface area contributed by atoms with E-state index in [0.717, 1.165) is 5.56 Å². The molecule has 2 aromatic rings. The van der Waals surface area contributed by atoms with Crippen LogP contribution in [0.3, 0.4) is 0 Å². The molecule has 2 aromatic carbocycles. The number of carbonyl (C=O) groups is 2. The summed E-state index contributed by atoms with van der Waals surface area (Å²) in [6.07, 6.45) is 0.0985. The first kappa shape index (κ1) is 17.5. The Bertz CT molecular complexity index is 768. The van der Waals surface area contributed by atoms with Crippen molar-refractivity contribution in [1.29, 1.82) is 0 Å². The smallest absolute Gasteiger partial charge is 0.229 e. The number of amides is 1. The summed E-state index contributed by atoms with van der Waals surface area (Å²) in [6.45, 7) is 3.44. The van der Waals surface area contributed by atoms with E-state index in [9.17, 15) is 9.59 Å². The van der Waals surface area contributed by atoms with Gasteiger partial charge in [-0.05, 0) is 49.7 Å². The molecule has 0 saturated carbocycles. The summed E-state index contributed by atoms with van der Waals surface area (Å²) in [5, 5.41) is 2.83. The maximum absolute atomic E-state index is 12.4. The van der Waals surface area contributed by atoms with Gasteiger partial charge < -0.3 is 14.8 Å². The van der Waals surface area contributed by atoms with Gasteiger partial charge in [-0.25, -0.2) is 0 Å². The van der Waals surface area contributed by atoms with Crippen LogP contribution in [0.2, 0.25) is 0 Å². The lowest BCUT2D eigenvalue weighted by Crippen LogP contribution is -2.16. The zero-order chi connectivity index (χ0) is 17.7.